The van der Waals surface area contributed by atoms with Crippen molar-refractivity contribution in [2.45, 2.75) is 25.0 Å². The first-order chi connectivity index (χ1) is 12.8. The number of rotatable bonds is 8. The second-order valence-corrected chi connectivity index (χ2v) is 6.36. The van der Waals surface area contributed by atoms with Gasteiger partial charge in [0.15, 0.2) is 5.60 Å². The molecular formula is C20H22N2O5. The van der Waals surface area contributed by atoms with Gasteiger partial charge in [-0.3, -0.25) is 9.59 Å². The van der Waals surface area contributed by atoms with Crippen molar-refractivity contribution < 1.29 is 24.6 Å². The zero-order valence-corrected chi connectivity index (χ0v) is 14.9. The SMILES string of the molecule is CC(O)(CNC(=O)CC(NC(=O)c1ccccc1)c1ccccc1)C(=O)O. The number of aliphatic hydroxyl groups is 1. The number of amides is 2. The minimum absolute atomic E-state index is 0.0989. The van der Waals surface area contributed by atoms with E-state index >= 15 is 0 Å². The summed E-state index contributed by atoms with van der Waals surface area (Å²) in [6.07, 6.45) is -0.0989. The van der Waals surface area contributed by atoms with E-state index in [2.05, 4.69) is 10.6 Å². The van der Waals surface area contributed by atoms with Crippen LogP contribution in [0, 0.1) is 0 Å². The lowest BCUT2D eigenvalue weighted by atomic mass is 10.0. The Morgan fingerprint density at radius 1 is 1.00 bits per heavy atom. The van der Waals surface area contributed by atoms with E-state index in [-0.39, 0.29) is 12.3 Å². The van der Waals surface area contributed by atoms with E-state index in [1.165, 1.54) is 0 Å². The van der Waals surface area contributed by atoms with Crippen molar-refractivity contribution in [2.24, 2.45) is 0 Å². The van der Waals surface area contributed by atoms with Gasteiger partial charge in [-0.2, -0.15) is 0 Å². The third kappa shape index (κ3) is 5.93. The number of hydrogen-bond acceptors (Lipinski definition) is 4. The quantitative estimate of drug-likeness (QED) is 0.562. The minimum Gasteiger partial charge on any atom is -0.479 e. The molecule has 0 spiro atoms. The van der Waals surface area contributed by atoms with Crippen LogP contribution in [0.5, 0.6) is 0 Å². The first-order valence-corrected chi connectivity index (χ1v) is 8.43. The van der Waals surface area contributed by atoms with E-state index in [0.717, 1.165) is 12.5 Å². The fraction of sp³-hybridized carbons (Fsp3) is 0.250. The van der Waals surface area contributed by atoms with Crippen LogP contribution in [0.25, 0.3) is 0 Å². The van der Waals surface area contributed by atoms with Crippen LogP contribution < -0.4 is 10.6 Å². The first kappa shape index (κ1) is 20.1. The van der Waals surface area contributed by atoms with Gasteiger partial charge in [0.05, 0.1) is 19.0 Å². The third-order valence-electron chi connectivity index (χ3n) is 4.02. The highest BCUT2D eigenvalue weighted by molar-refractivity contribution is 5.94. The van der Waals surface area contributed by atoms with Crippen molar-refractivity contribution in [2.75, 3.05) is 6.54 Å². The van der Waals surface area contributed by atoms with E-state index in [9.17, 15) is 19.5 Å². The molecule has 0 aliphatic rings. The number of nitrogens with one attached hydrogen (secondary N) is 2. The van der Waals surface area contributed by atoms with Gasteiger partial charge in [0.25, 0.3) is 5.91 Å². The van der Waals surface area contributed by atoms with Gasteiger partial charge >= 0.3 is 5.97 Å². The molecule has 0 saturated carbocycles. The topological polar surface area (TPSA) is 116 Å². The molecule has 27 heavy (non-hydrogen) atoms. The average molecular weight is 370 g/mol. The van der Waals surface area contributed by atoms with Crippen LogP contribution in [0.2, 0.25) is 0 Å². The molecular weight excluding hydrogens is 348 g/mol. The Morgan fingerprint density at radius 2 is 1.56 bits per heavy atom. The molecule has 2 aromatic carbocycles. The molecule has 142 valence electrons. The van der Waals surface area contributed by atoms with Gasteiger partial charge in [0, 0.05) is 5.56 Å². The van der Waals surface area contributed by atoms with Crippen LogP contribution in [0.3, 0.4) is 0 Å². The fourth-order valence-electron chi connectivity index (χ4n) is 2.37. The number of carbonyl (C=O) groups is 3. The lowest BCUT2D eigenvalue weighted by Crippen LogP contribution is -2.47. The second kappa shape index (κ2) is 8.95. The highest BCUT2D eigenvalue weighted by atomic mass is 16.4. The fourth-order valence-corrected chi connectivity index (χ4v) is 2.37. The minimum atomic E-state index is -2.06. The number of aliphatic carboxylic acids is 1. The van der Waals surface area contributed by atoms with E-state index in [0.29, 0.717) is 5.56 Å². The molecule has 7 nitrogen and oxygen atoms in total. The predicted octanol–water partition coefficient (Wildman–Crippen LogP) is 1.50. The van der Waals surface area contributed by atoms with Crippen molar-refractivity contribution in [3.05, 3.63) is 71.8 Å². The smallest absolute Gasteiger partial charge is 0.337 e. The summed E-state index contributed by atoms with van der Waals surface area (Å²) in [4.78, 5) is 35.6. The maximum absolute atomic E-state index is 12.5. The Hall–Kier alpha value is -3.19. The molecule has 2 unspecified atom stereocenters. The Bertz CT molecular complexity index is 791. The average Bonchev–Trinajstić information content (AvgIpc) is 2.67. The zero-order chi connectivity index (χ0) is 19.9. The van der Waals surface area contributed by atoms with Crippen molar-refractivity contribution in [3.8, 4) is 0 Å². The Kier molecular flexibility index (Phi) is 6.67. The van der Waals surface area contributed by atoms with Crippen molar-refractivity contribution >= 4 is 17.8 Å². The number of hydrogen-bond donors (Lipinski definition) is 4. The van der Waals surface area contributed by atoms with E-state index < -0.39 is 30.1 Å². The van der Waals surface area contributed by atoms with E-state index in [1.54, 1.807) is 54.6 Å². The van der Waals surface area contributed by atoms with Gasteiger partial charge in [-0.1, -0.05) is 48.5 Å². The van der Waals surface area contributed by atoms with Gasteiger partial charge < -0.3 is 20.8 Å². The molecule has 4 N–H and O–H groups in total. The first-order valence-electron chi connectivity index (χ1n) is 8.43. The molecule has 2 atom stereocenters. The van der Waals surface area contributed by atoms with Gasteiger partial charge in [-0.05, 0) is 24.6 Å². The largest absolute Gasteiger partial charge is 0.479 e. The lowest BCUT2D eigenvalue weighted by molar-refractivity contribution is -0.156. The maximum Gasteiger partial charge on any atom is 0.337 e. The molecule has 0 radical (unpaired) electrons. The van der Waals surface area contributed by atoms with Crippen LogP contribution in [0.1, 0.15) is 35.3 Å². The third-order valence-corrected chi connectivity index (χ3v) is 4.02. The summed E-state index contributed by atoms with van der Waals surface area (Å²) in [5.41, 5.74) is -0.861. The van der Waals surface area contributed by atoms with Crippen LogP contribution in [-0.2, 0) is 9.59 Å². The van der Waals surface area contributed by atoms with E-state index in [1.807, 2.05) is 6.07 Å². The van der Waals surface area contributed by atoms with Gasteiger partial charge in [-0.15, -0.1) is 0 Å². The molecule has 2 amide bonds. The number of benzene rings is 2. The lowest BCUT2D eigenvalue weighted by Gasteiger charge is -2.21. The molecule has 2 aromatic rings. The molecule has 2 rings (SSSR count). The highest BCUT2D eigenvalue weighted by Crippen LogP contribution is 2.17. The summed E-state index contributed by atoms with van der Waals surface area (Å²) in [6, 6.07) is 17.0. The Balaban J connectivity index is 2.08. The van der Waals surface area contributed by atoms with Crippen molar-refractivity contribution in [1.29, 1.82) is 0 Å². The molecule has 0 bridgehead atoms. The van der Waals surface area contributed by atoms with E-state index in [4.69, 9.17) is 5.11 Å². The number of carbonyl (C=O) groups excluding carboxylic acids is 2. The number of carboxylic acid groups (broad SMARTS) is 1. The van der Waals surface area contributed by atoms with Crippen LogP contribution >= 0.6 is 0 Å². The molecule has 0 aliphatic heterocycles. The van der Waals surface area contributed by atoms with Crippen LogP contribution in [0.4, 0.5) is 0 Å². The maximum atomic E-state index is 12.5. The Labute approximate surface area is 157 Å². The van der Waals surface area contributed by atoms with Gasteiger partial charge in [-0.25, -0.2) is 4.79 Å². The molecule has 0 saturated heterocycles. The molecule has 0 heterocycles. The van der Waals surface area contributed by atoms with Crippen molar-refractivity contribution in [1.82, 2.24) is 10.6 Å². The normalized spacial score (nSPS) is 13.9. The van der Waals surface area contributed by atoms with Gasteiger partial charge in [0.1, 0.15) is 0 Å². The summed E-state index contributed by atoms with van der Waals surface area (Å²) in [5, 5.41) is 23.8. The summed E-state index contributed by atoms with van der Waals surface area (Å²) < 4.78 is 0. The highest BCUT2D eigenvalue weighted by Gasteiger charge is 2.30. The molecule has 0 fully saturated rings. The van der Waals surface area contributed by atoms with Crippen LogP contribution in [0.15, 0.2) is 60.7 Å². The van der Waals surface area contributed by atoms with Crippen molar-refractivity contribution in [3.63, 3.8) is 0 Å². The van der Waals surface area contributed by atoms with Crippen LogP contribution in [-0.4, -0.2) is 40.1 Å². The predicted molar refractivity (Wildman–Crippen MR) is 99.0 cm³/mol. The summed E-state index contributed by atoms with van der Waals surface area (Å²) in [6.45, 7) is 0.663. The monoisotopic (exact) mass is 370 g/mol. The zero-order valence-electron chi connectivity index (χ0n) is 14.9. The van der Waals surface area contributed by atoms with Gasteiger partial charge in [0.2, 0.25) is 5.91 Å². The molecule has 7 heteroatoms. The Morgan fingerprint density at radius 3 is 2.11 bits per heavy atom. The summed E-state index contributed by atoms with van der Waals surface area (Å²) in [5.74, 6) is -2.24. The number of carboxylic acids is 1. The summed E-state index contributed by atoms with van der Waals surface area (Å²) >= 11 is 0. The summed E-state index contributed by atoms with van der Waals surface area (Å²) in [7, 11) is 0. The molecule has 0 aliphatic carbocycles. The molecule has 0 aromatic heterocycles. The standard InChI is InChI=1S/C20H22N2O5/c1-20(27,19(25)26)13-21-17(23)12-16(14-8-4-2-5-9-14)22-18(24)15-10-6-3-7-11-15/h2-11,16,27H,12-13H2,1H3,(H,21,23)(H,22,24)(H,25,26). The second-order valence-electron chi connectivity index (χ2n) is 6.36.